The molecule has 1 atom stereocenters. The molecule has 20 heavy (non-hydrogen) atoms. The summed E-state index contributed by atoms with van der Waals surface area (Å²) in [7, 11) is 3.45. The quantitative estimate of drug-likeness (QED) is 0.881. The topological polar surface area (TPSA) is 84.1 Å². The number of benzene rings is 1. The predicted octanol–water partition coefficient (Wildman–Crippen LogP) is 1.23. The smallest absolute Gasteiger partial charge is 0.325 e. The number of nitrogens with zero attached hydrogens (tertiary/aromatic N) is 5. The number of aromatic nitrogens is 4. The molecule has 0 aliphatic carbocycles. The maximum Gasteiger partial charge on any atom is 0.325 e. The lowest BCUT2D eigenvalue weighted by atomic mass is 10.1. The van der Waals surface area contributed by atoms with Crippen molar-refractivity contribution in [2.45, 2.75) is 12.6 Å². The van der Waals surface area contributed by atoms with Crippen LogP contribution < -0.4 is 0 Å². The van der Waals surface area contributed by atoms with Crippen molar-refractivity contribution in [2.75, 3.05) is 7.05 Å². The van der Waals surface area contributed by atoms with Gasteiger partial charge < -0.3 is 5.11 Å². The Morgan fingerprint density at radius 3 is 2.85 bits per heavy atom. The molecule has 1 aromatic heterocycles. The van der Waals surface area contributed by atoms with E-state index in [1.165, 1.54) is 4.68 Å². The van der Waals surface area contributed by atoms with Crippen molar-refractivity contribution in [3.05, 3.63) is 40.1 Å². The molecule has 0 aliphatic heterocycles. The summed E-state index contributed by atoms with van der Waals surface area (Å²) in [6, 6.07) is 6.49. The Bertz CT molecular complexity index is 615. The molecule has 2 rings (SSSR count). The van der Waals surface area contributed by atoms with Gasteiger partial charge in [0.2, 0.25) is 0 Å². The Morgan fingerprint density at radius 2 is 2.30 bits per heavy atom. The number of aliphatic carboxylic acids is 1. The first-order valence-electron chi connectivity index (χ1n) is 5.89. The third kappa shape index (κ3) is 3.20. The van der Waals surface area contributed by atoms with Gasteiger partial charge in [-0.1, -0.05) is 28.1 Å². The molecular weight excluding hydrogens is 326 g/mol. The number of halogens is 1. The predicted molar refractivity (Wildman–Crippen MR) is 74.8 cm³/mol. The summed E-state index contributed by atoms with van der Waals surface area (Å²) < 4.78 is 2.37. The summed E-state index contributed by atoms with van der Waals surface area (Å²) in [5.74, 6) is -0.311. The number of tetrazole rings is 1. The molecular formula is C12H14BrN5O2. The minimum atomic E-state index is -0.916. The monoisotopic (exact) mass is 339 g/mol. The van der Waals surface area contributed by atoms with Crippen LogP contribution in [0.1, 0.15) is 17.4 Å². The van der Waals surface area contributed by atoms with Crippen LogP contribution in [0, 0.1) is 0 Å². The van der Waals surface area contributed by atoms with Crippen molar-refractivity contribution >= 4 is 21.9 Å². The Balaban J connectivity index is 2.25. The standard InChI is InChI=1S/C12H14BrN5O2/c1-17(7-10-14-15-16-18(10)2)11(12(19)20)8-4-3-5-9(13)6-8/h3-6,11H,7H2,1-2H3,(H,19,20). The van der Waals surface area contributed by atoms with E-state index in [1.54, 1.807) is 31.1 Å². The lowest BCUT2D eigenvalue weighted by molar-refractivity contribution is -0.143. The molecule has 8 heteroatoms. The average Bonchev–Trinajstić information content (AvgIpc) is 2.74. The second-order valence-electron chi connectivity index (χ2n) is 4.43. The summed E-state index contributed by atoms with van der Waals surface area (Å²) >= 11 is 3.35. The molecule has 2 aromatic rings. The highest BCUT2D eigenvalue weighted by Gasteiger charge is 2.26. The van der Waals surface area contributed by atoms with E-state index in [1.807, 2.05) is 12.1 Å². The molecule has 1 aromatic carbocycles. The highest BCUT2D eigenvalue weighted by molar-refractivity contribution is 9.10. The number of carboxylic acids is 1. The number of carbonyl (C=O) groups is 1. The van der Waals surface area contributed by atoms with E-state index < -0.39 is 12.0 Å². The van der Waals surface area contributed by atoms with Gasteiger partial charge in [-0.2, -0.15) is 0 Å². The molecule has 1 heterocycles. The summed E-state index contributed by atoms with van der Waals surface area (Å²) in [5.41, 5.74) is 0.699. The first-order valence-corrected chi connectivity index (χ1v) is 6.68. The molecule has 0 saturated heterocycles. The first kappa shape index (κ1) is 14.6. The van der Waals surface area contributed by atoms with Gasteiger partial charge in [0.05, 0.1) is 6.54 Å². The Morgan fingerprint density at radius 1 is 1.55 bits per heavy atom. The zero-order chi connectivity index (χ0) is 14.7. The van der Waals surface area contributed by atoms with E-state index in [-0.39, 0.29) is 0 Å². The fourth-order valence-electron chi connectivity index (χ4n) is 1.96. The number of rotatable bonds is 5. The summed E-state index contributed by atoms with van der Waals surface area (Å²) in [4.78, 5) is 13.2. The fourth-order valence-corrected chi connectivity index (χ4v) is 2.38. The van der Waals surface area contributed by atoms with Gasteiger partial charge in [-0.15, -0.1) is 5.10 Å². The number of hydrogen-bond acceptors (Lipinski definition) is 5. The maximum absolute atomic E-state index is 11.6. The SMILES string of the molecule is CN(Cc1nnnn1C)C(C(=O)O)c1cccc(Br)c1. The maximum atomic E-state index is 11.6. The van der Waals surface area contributed by atoms with Gasteiger partial charge in [-0.05, 0) is 35.2 Å². The lowest BCUT2D eigenvalue weighted by Gasteiger charge is -2.24. The summed E-state index contributed by atoms with van der Waals surface area (Å²) in [6.45, 7) is 0.340. The molecule has 106 valence electrons. The lowest BCUT2D eigenvalue weighted by Crippen LogP contribution is -2.31. The van der Waals surface area contributed by atoms with Gasteiger partial charge in [0, 0.05) is 11.5 Å². The van der Waals surface area contributed by atoms with Gasteiger partial charge in [0.25, 0.3) is 0 Å². The van der Waals surface area contributed by atoms with Crippen molar-refractivity contribution in [1.29, 1.82) is 0 Å². The van der Waals surface area contributed by atoms with Crippen molar-refractivity contribution < 1.29 is 9.90 Å². The Kier molecular flexibility index (Phi) is 4.46. The highest BCUT2D eigenvalue weighted by Crippen LogP contribution is 2.24. The van der Waals surface area contributed by atoms with Crippen LogP contribution in [-0.4, -0.2) is 43.2 Å². The van der Waals surface area contributed by atoms with Crippen LogP contribution in [-0.2, 0) is 18.4 Å². The molecule has 1 unspecified atom stereocenters. The van der Waals surface area contributed by atoms with Crippen LogP contribution in [0.4, 0.5) is 0 Å². The van der Waals surface area contributed by atoms with Crippen molar-refractivity contribution in [1.82, 2.24) is 25.1 Å². The summed E-state index contributed by atoms with van der Waals surface area (Å²) in [6.07, 6.45) is 0. The molecule has 0 aliphatic rings. The molecule has 0 amide bonds. The number of hydrogen-bond donors (Lipinski definition) is 1. The zero-order valence-corrected chi connectivity index (χ0v) is 12.6. The zero-order valence-electron chi connectivity index (χ0n) is 11.1. The minimum Gasteiger partial charge on any atom is -0.480 e. The largest absolute Gasteiger partial charge is 0.480 e. The molecule has 1 N–H and O–H groups in total. The second kappa shape index (κ2) is 6.10. The normalized spacial score (nSPS) is 12.6. The van der Waals surface area contributed by atoms with Crippen LogP contribution in [0.3, 0.4) is 0 Å². The third-order valence-corrected chi connectivity index (χ3v) is 3.43. The van der Waals surface area contributed by atoms with Crippen LogP contribution in [0.15, 0.2) is 28.7 Å². The molecule has 0 fully saturated rings. The van der Waals surface area contributed by atoms with Gasteiger partial charge in [0.1, 0.15) is 6.04 Å². The van der Waals surface area contributed by atoms with E-state index >= 15 is 0 Å². The van der Waals surface area contributed by atoms with E-state index in [9.17, 15) is 9.90 Å². The Labute approximate surface area is 124 Å². The van der Waals surface area contributed by atoms with E-state index in [2.05, 4.69) is 31.5 Å². The average molecular weight is 340 g/mol. The molecule has 7 nitrogen and oxygen atoms in total. The van der Waals surface area contributed by atoms with Crippen molar-refractivity contribution in [3.63, 3.8) is 0 Å². The summed E-state index contributed by atoms with van der Waals surface area (Å²) in [5, 5.41) is 20.6. The van der Waals surface area contributed by atoms with E-state index in [0.717, 1.165) is 4.47 Å². The minimum absolute atomic E-state index is 0.340. The number of likely N-dealkylation sites (N-methyl/N-ethyl adjacent to an activating group) is 1. The van der Waals surface area contributed by atoms with Crippen LogP contribution in [0.2, 0.25) is 0 Å². The second-order valence-corrected chi connectivity index (χ2v) is 5.35. The van der Waals surface area contributed by atoms with E-state index in [4.69, 9.17) is 0 Å². The van der Waals surface area contributed by atoms with Gasteiger partial charge in [-0.3, -0.25) is 9.69 Å². The van der Waals surface area contributed by atoms with Crippen molar-refractivity contribution in [2.24, 2.45) is 7.05 Å². The molecule has 0 saturated carbocycles. The van der Waals surface area contributed by atoms with Gasteiger partial charge in [0.15, 0.2) is 5.82 Å². The molecule has 0 spiro atoms. The Hall–Kier alpha value is -1.80. The van der Waals surface area contributed by atoms with Crippen LogP contribution in [0.25, 0.3) is 0 Å². The highest BCUT2D eigenvalue weighted by atomic mass is 79.9. The fraction of sp³-hybridized carbons (Fsp3) is 0.333. The van der Waals surface area contributed by atoms with Crippen LogP contribution >= 0.6 is 15.9 Å². The van der Waals surface area contributed by atoms with Crippen molar-refractivity contribution in [3.8, 4) is 0 Å². The third-order valence-electron chi connectivity index (χ3n) is 2.94. The number of carboxylic acid groups (broad SMARTS) is 1. The van der Waals surface area contributed by atoms with E-state index in [0.29, 0.717) is 17.9 Å². The first-order chi connectivity index (χ1) is 9.49. The van der Waals surface area contributed by atoms with Gasteiger partial charge >= 0.3 is 5.97 Å². The molecule has 0 bridgehead atoms. The van der Waals surface area contributed by atoms with Gasteiger partial charge in [-0.25, -0.2) is 4.68 Å². The molecule has 0 radical (unpaired) electrons. The number of aryl methyl sites for hydroxylation is 1. The van der Waals surface area contributed by atoms with Crippen LogP contribution in [0.5, 0.6) is 0 Å².